The third-order valence-electron chi connectivity index (χ3n) is 2.71. The van der Waals surface area contributed by atoms with Crippen molar-refractivity contribution >= 4 is 16.8 Å². The molecule has 2 rings (SSSR count). The van der Waals surface area contributed by atoms with Gasteiger partial charge in [0.25, 0.3) is 0 Å². The fourth-order valence-corrected chi connectivity index (χ4v) is 2.05. The summed E-state index contributed by atoms with van der Waals surface area (Å²) in [5.41, 5.74) is 2.43. The molecule has 0 fully saturated rings. The normalized spacial score (nSPS) is 10.7. The quantitative estimate of drug-likeness (QED) is 0.729. The molecule has 0 aromatic heterocycles. The summed E-state index contributed by atoms with van der Waals surface area (Å²) in [6, 6.07) is 12.6. The second kappa shape index (κ2) is 5.26. The van der Waals surface area contributed by atoms with Gasteiger partial charge in [0, 0.05) is 10.9 Å². The Hall–Kier alpha value is -1.76. The highest BCUT2D eigenvalue weighted by atomic mass is 16.5. The number of allylic oxidation sites excluding steroid dienone is 1. The topological polar surface area (TPSA) is 9.23 Å². The van der Waals surface area contributed by atoms with Gasteiger partial charge < -0.3 is 4.74 Å². The summed E-state index contributed by atoms with van der Waals surface area (Å²) in [6.07, 6.45) is 2.35. The molecule has 0 aliphatic heterocycles. The van der Waals surface area contributed by atoms with Crippen LogP contribution < -0.4 is 4.74 Å². The van der Waals surface area contributed by atoms with E-state index in [4.69, 9.17) is 4.74 Å². The monoisotopic (exact) mass is 240 g/mol. The van der Waals surface area contributed by atoms with Crippen molar-refractivity contribution in [2.45, 2.75) is 33.8 Å². The number of fused-ring (bicyclic) bond motifs is 1. The van der Waals surface area contributed by atoms with Crippen LogP contribution in [0.1, 0.15) is 33.3 Å². The van der Waals surface area contributed by atoms with Crippen LogP contribution in [0.3, 0.4) is 0 Å². The van der Waals surface area contributed by atoms with Gasteiger partial charge in [-0.2, -0.15) is 0 Å². The minimum atomic E-state index is 0.181. The van der Waals surface area contributed by atoms with Crippen LogP contribution >= 0.6 is 0 Å². The molecule has 0 spiro atoms. The maximum absolute atomic E-state index is 6.01. The van der Waals surface area contributed by atoms with E-state index in [9.17, 15) is 0 Å². The highest BCUT2D eigenvalue weighted by Crippen LogP contribution is 2.32. The minimum absolute atomic E-state index is 0.181. The van der Waals surface area contributed by atoms with Crippen LogP contribution in [0.5, 0.6) is 5.75 Å². The molecule has 0 aliphatic carbocycles. The summed E-state index contributed by atoms with van der Waals surface area (Å²) in [5, 5.41) is 2.40. The van der Waals surface area contributed by atoms with E-state index in [1.54, 1.807) is 0 Å². The minimum Gasteiger partial charge on any atom is -0.490 e. The Bertz CT molecular complexity index is 575. The molecule has 0 aliphatic rings. The van der Waals surface area contributed by atoms with Crippen molar-refractivity contribution in [3.8, 4) is 5.75 Å². The summed E-state index contributed by atoms with van der Waals surface area (Å²) in [4.78, 5) is 0. The van der Waals surface area contributed by atoms with Crippen molar-refractivity contribution in [1.82, 2.24) is 0 Å². The van der Waals surface area contributed by atoms with Gasteiger partial charge in [-0.1, -0.05) is 48.0 Å². The van der Waals surface area contributed by atoms with E-state index in [2.05, 4.69) is 70.2 Å². The maximum Gasteiger partial charge on any atom is 0.134 e. The predicted molar refractivity (Wildman–Crippen MR) is 79.0 cm³/mol. The third-order valence-corrected chi connectivity index (χ3v) is 2.71. The third kappa shape index (κ3) is 2.73. The molecular formula is C17H20O. The van der Waals surface area contributed by atoms with Gasteiger partial charge in [0.05, 0.1) is 6.10 Å². The van der Waals surface area contributed by atoms with Gasteiger partial charge in [-0.05, 0) is 33.1 Å². The standard InChI is InChI=1S/C17H20O/c1-12(2)11-15-10-9-14-7-5-6-8-16(14)17(15)18-13(3)4/h5-11,13H,1-4H3. The lowest BCUT2D eigenvalue weighted by molar-refractivity contribution is 0.245. The van der Waals surface area contributed by atoms with Crippen LogP contribution in [-0.4, -0.2) is 6.10 Å². The van der Waals surface area contributed by atoms with E-state index in [0.717, 1.165) is 11.3 Å². The van der Waals surface area contributed by atoms with Crippen LogP contribution in [0.2, 0.25) is 0 Å². The molecule has 1 nitrogen and oxygen atoms in total. The molecule has 18 heavy (non-hydrogen) atoms. The summed E-state index contributed by atoms with van der Waals surface area (Å²) < 4.78 is 6.01. The highest BCUT2D eigenvalue weighted by molar-refractivity contribution is 5.91. The van der Waals surface area contributed by atoms with Crippen LogP contribution in [0.15, 0.2) is 42.0 Å². The van der Waals surface area contributed by atoms with Crippen LogP contribution in [0.25, 0.3) is 16.8 Å². The first kappa shape index (κ1) is 12.7. The summed E-state index contributed by atoms with van der Waals surface area (Å²) in [5.74, 6) is 0.990. The van der Waals surface area contributed by atoms with Crippen molar-refractivity contribution in [2.75, 3.05) is 0 Å². The zero-order chi connectivity index (χ0) is 13.1. The lowest BCUT2D eigenvalue weighted by atomic mass is 10.0. The summed E-state index contributed by atoms with van der Waals surface area (Å²) in [7, 11) is 0. The van der Waals surface area contributed by atoms with Gasteiger partial charge in [0.2, 0.25) is 0 Å². The molecule has 0 radical (unpaired) electrons. The van der Waals surface area contributed by atoms with Crippen molar-refractivity contribution in [3.05, 3.63) is 47.5 Å². The molecule has 0 amide bonds. The van der Waals surface area contributed by atoms with Crippen molar-refractivity contribution in [1.29, 1.82) is 0 Å². The van der Waals surface area contributed by atoms with Crippen molar-refractivity contribution < 1.29 is 4.74 Å². The molecule has 0 saturated carbocycles. The Kier molecular flexibility index (Phi) is 3.71. The van der Waals surface area contributed by atoms with E-state index in [1.165, 1.54) is 16.3 Å². The highest BCUT2D eigenvalue weighted by Gasteiger charge is 2.08. The first-order chi connectivity index (χ1) is 8.58. The average Bonchev–Trinajstić information content (AvgIpc) is 2.31. The van der Waals surface area contributed by atoms with E-state index in [-0.39, 0.29) is 6.10 Å². The van der Waals surface area contributed by atoms with Gasteiger partial charge in [-0.3, -0.25) is 0 Å². The van der Waals surface area contributed by atoms with Crippen LogP contribution in [-0.2, 0) is 0 Å². The zero-order valence-electron chi connectivity index (χ0n) is 11.5. The zero-order valence-corrected chi connectivity index (χ0v) is 11.5. The van der Waals surface area contributed by atoms with E-state index in [1.807, 2.05) is 0 Å². The smallest absolute Gasteiger partial charge is 0.134 e. The largest absolute Gasteiger partial charge is 0.490 e. The predicted octanol–water partition coefficient (Wildman–Crippen LogP) is 5.05. The molecule has 94 valence electrons. The second-order valence-electron chi connectivity index (χ2n) is 5.09. The number of hydrogen-bond donors (Lipinski definition) is 0. The molecule has 2 aromatic rings. The van der Waals surface area contributed by atoms with Gasteiger partial charge in [0.1, 0.15) is 5.75 Å². The lowest BCUT2D eigenvalue weighted by Gasteiger charge is -2.15. The van der Waals surface area contributed by atoms with Gasteiger partial charge in [-0.15, -0.1) is 0 Å². The Morgan fingerprint density at radius 3 is 2.44 bits per heavy atom. The second-order valence-corrected chi connectivity index (χ2v) is 5.09. The van der Waals surface area contributed by atoms with E-state index >= 15 is 0 Å². The fourth-order valence-electron chi connectivity index (χ4n) is 2.05. The number of ether oxygens (including phenoxy) is 1. The summed E-state index contributed by atoms with van der Waals surface area (Å²) in [6.45, 7) is 8.34. The van der Waals surface area contributed by atoms with Crippen LogP contribution in [0, 0.1) is 0 Å². The van der Waals surface area contributed by atoms with Gasteiger partial charge in [-0.25, -0.2) is 0 Å². The molecule has 2 aromatic carbocycles. The molecule has 0 heterocycles. The Morgan fingerprint density at radius 2 is 1.78 bits per heavy atom. The molecule has 0 saturated heterocycles. The maximum atomic E-state index is 6.01. The molecule has 0 bridgehead atoms. The van der Waals surface area contributed by atoms with E-state index < -0.39 is 0 Å². The Morgan fingerprint density at radius 1 is 1.06 bits per heavy atom. The van der Waals surface area contributed by atoms with Crippen LogP contribution in [0.4, 0.5) is 0 Å². The molecular weight excluding hydrogens is 220 g/mol. The molecule has 0 N–H and O–H groups in total. The van der Waals surface area contributed by atoms with Gasteiger partial charge >= 0.3 is 0 Å². The average molecular weight is 240 g/mol. The number of rotatable bonds is 3. The van der Waals surface area contributed by atoms with Crippen molar-refractivity contribution in [3.63, 3.8) is 0 Å². The molecule has 0 unspecified atom stereocenters. The van der Waals surface area contributed by atoms with Gasteiger partial charge in [0.15, 0.2) is 0 Å². The summed E-state index contributed by atoms with van der Waals surface area (Å²) >= 11 is 0. The Labute approximate surface area is 109 Å². The molecule has 0 atom stereocenters. The van der Waals surface area contributed by atoms with Crippen molar-refractivity contribution in [2.24, 2.45) is 0 Å². The van der Waals surface area contributed by atoms with E-state index in [0.29, 0.717) is 0 Å². The SMILES string of the molecule is CC(C)=Cc1ccc2ccccc2c1OC(C)C. The molecule has 1 heteroatoms. The number of benzene rings is 2. The first-order valence-corrected chi connectivity index (χ1v) is 6.41. The lowest BCUT2D eigenvalue weighted by Crippen LogP contribution is -2.07. The number of hydrogen-bond acceptors (Lipinski definition) is 1. The first-order valence-electron chi connectivity index (χ1n) is 6.41. The Balaban J connectivity index is 2.66. The fraction of sp³-hybridized carbons (Fsp3) is 0.294.